The van der Waals surface area contributed by atoms with E-state index in [0.29, 0.717) is 11.2 Å². The molecule has 5 rings (SSSR count). The van der Waals surface area contributed by atoms with Gasteiger partial charge in [-0.1, -0.05) is 0 Å². The number of rotatable bonds is 8. The molecule has 2 aliphatic rings. The van der Waals surface area contributed by atoms with Crippen LogP contribution in [-0.2, 0) is 30.3 Å². The highest BCUT2D eigenvalue weighted by Crippen LogP contribution is 2.52. The van der Waals surface area contributed by atoms with E-state index in [4.69, 9.17) is 41.8 Å². The third-order valence-corrected chi connectivity index (χ3v) is 7.71. The van der Waals surface area contributed by atoms with Crippen molar-refractivity contribution < 1.29 is 33.6 Å². The number of nitrogens with zero attached hydrogens (tertiary/aromatic N) is 6. The first kappa shape index (κ1) is 26.0. The minimum Gasteiger partial charge on any atom is -0.394 e. The van der Waals surface area contributed by atoms with Crippen molar-refractivity contribution in [3.63, 3.8) is 0 Å². The van der Waals surface area contributed by atoms with Crippen molar-refractivity contribution in [3.05, 3.63) is 35.4 Å². The number of hydrogen-bond acceptors (Lipinski definition) is 14. The minimum absolute atomic E-state index is 0.0557. The zero-order chi connectivity index (χ0) is 26.3. The van der Waals surface area contributed by atoms with Gasteiger partial charge in [-0.15, -0.1) is 0 Å². The van der Waals surface area contributed by atoms with Gasteiger partial charge >= 0.3 is 12.4 Å². The Balaban J connectivity index is 1.28. The molecular formula is C19H25N8O8PS. The molecule has 2 aliphatic heterocycles. The predicted octanol–water partition coefficient (Wildman–Crippen LogP) is -1.21. The largest absolute Gasteiger partial charge is 0.394 e. The van der Waals surface area contributed by atoms with Crippen LogP contribution in [-0.4, -0.2) is 81.8 Å². The lowest BCUT2D eigenvalue weighted by Crippen LogP contribution is -2.30. The van der Waals surface area contributed by atoms with Crippen LogP contribution < -0.4 is 17.2 Å². The molecule has 2 saturated heterocycles. The number of aromatic nitrogens is 6. The Kier molecular flexibility index (Phi) is 7.23. The number of aliphatic hydroxyl groups is 2. The van der Waals surface area contributed by atoms with E-state index in [2.05, 4.69) is 19.9 Å². The molecule has 18 heteroatoms. The first-order chi connectivity index (χ1) is 17.7. The van der Waals surface area contributed by atoms with Gasteiger partial charge in [-0.05, 0) is 17.9 Å². The molecule has 37 heavy (non-hydrogen) atoms. The van der Waals surface area contributed by atoms with Crippen LogP contribution in [0.5, 0.6) is 0 Å². The molecule has 0 aliphatic carbocycles. The topological polar surface area (TPSA) is 228 Å². The van der Waals surface area contributed by atoms with Gasteiger partial charge < -0.3 is 45.1 Å². The van der Waals surface area contributed by atoms with E-state index in [1.54, 1.807) is 4.57 Å². The fraction of sp³-hybridized carbons (Fsp3) is 0.526. The Morgan fingerprint density at radius 2 is 1.68 bits per heavy atom. The Morgan fingerprint density at radius 1 is 1.05 bits per heavy atom. The summed E-state index contributed by atoms with van der Waals surface area (Å²) in [5.41, 5.74) is 11.6. The quantitative estimate of drug-likeness (QED) is 0.205. The fourth-order valence-electron chi connectivity index (χ4n) is 4.39. The lowest BCUT2D eigenvalue weighted by atomic mass is 10.2. The van der Waals surface area contributed by atoms with Gasteiger partial charge in [0.1, 0.15) is 42.3 Å². The van der Waals surface area contributed by atoms with Crippen molar-refractivity contribution in [1.29, 1.82) is 0 Å². The third kappa shape index (κ3) is 5.22. The number of nitrogens with two attached hydrogens (primary N) is 2. The van der Waals surface area contributed by atoms with Crippen LogP contribution in [0.3, 0.4) is 0 Å². The molecule has 0 spiro atoms. The molecular weight excluding hydrogens is 531 g/mol. The summed E-state index contributed by atoms with van der Waals surface area (Å²) in [6, 6.07) is 1.43. The number of ether oxygens (including phenoxy) is 2. The van der Waals surface area contributed by atoms with Crippen LogP contribution in [0, 0.1) is 0 Å². The molecule has 16 nitrogen and oxygen atoms in total. The van der Waals surface area contributed by atoms with Crippen molar-refractivity contribution in [2.45, 2.75) is 49.7 Å². The summed E-state index contributed by atoms with van der Waals surface area (Å²) in [5, 5.41) is 19.6. The maximum absolute atomic E-state index is 12.2. The average molecular weight is 556 g/mol. The summed E-state index contributed by atoms with van der Waals surface area (Å²) in [6.07, 6.45) is -0.469. The lowest BCUT2D eigenvalue weighted by molar-refractivity contribution is -0.0514. The second kappa shape index (κ2) is 10.3. The molecule has 0 radical (unpaired) electrons. The second-order valence-corrected chi connectivity index (χ2v) is 11.2. The van der Waals surface area contributed by atoms with Gasteiger partial charge in [0.2, 0.25) is 0 Å². The second-order valence-electron chi connectivity index (χ2n) is 8.48. The van der Waals surface area contributed by atoms with E-state index in [1.165, 1.54) is 29.5 Å². The van der Waals surface area contributed by atoms with Crippen molar-refractivity contribution in [3.8, 4) is 0 Å². The number of hydrogen-bond donors (Lipinski definition) is 5. The zero-order valence-corrected chi connectivity index (χ0v) is 20.9. The fourth-order valence-corrected chi connectivity index (χ4v) is 6.23. The van der Waals surface area contributed by atoms with Crippen LogP contribution in [0.1, 0.15) is 25.3 Å². The summed E-state index contributed by atoms with van der Waals surface area (Å²) in [6.45, 7) is -4.81. The monoisotopic (exact) mass is 556 g/mol. The van der Waals surface area contributed by atoms with Gasteiger partial charge in [-0.2, -0.15) is 4.98 Å². The number of aliphatic hydroxyl groups excluding tert-OH is 2. The first-order valence-electron chi connectivity index (χ1n) is 11.2. The van der Waals surface area contributed by atoms with Crippen LogP contribution >= 0.6 is 6.72 Å². The average Bonchev–Trinajstić information content (AvgIpc) is 3.55. The highest BCUT2D eigenvalue weighted by Gasteiger charge is 2.44. The van der Waals surface area contributed by atoms with Gasteiger partial charge in [0.15, 0.2) is 11.5 Å². The van der Waals surface area contributed by atoms with Gasteiger partial charge in [0.25, 0.3) is 0 Å². The molecule has 0 aromatic carbocycles. The summed E-state index contributed by atoms with van der Waals surface area (Å²) >= 11 is 5.24. The van der Waals surface area contributed by atoms with Gasteiger partial charge in [-0.3, -0.25) is 9.13 Å². The Labute approximate surface area is 214 Å². The van der Waals surface area contributed by atoms with Gasteiger partial charge in [-0.25, -0.2) is 19.7 Å². The molecule has 0 amide bonds. The lowest BCUT2D eigenvalue weighted by Gasteiger charge is -2.26. The molecule has 1 unspecified atom stereocenters. The number of anilines is 2. The van der Waals surface area contributed by atoms with E-state index in [9.17, 15) is 19.9 Å². The summed E-state index contributed by atoms with van der Waals surface area (Å²) in [7, 11) is 0. The maximum atomic E-state index is 12.2. The summed E-state index contributed by atoms with van der Waals surface area (Å²) in [5.74, 6) is 0.264. The number of fused-ring (bicyclic) bond motifs is 1. The molecule has 200 valence electrons. The first-order valence-corrected chi connectivity index (χ1v) is 13.8. The predicted molar refractivity (Wildman–Crippen MR) is 130 cm³/mol. The number of nitrogen functional groups attached to an aromatic ring is 2. The Morgan fingerprint density at radius 3 is 2.27 bits per heavy atom. The summed E-state index contributed by atoms with van der Waals surface area (Å²) < 4.78 is 25.9. The van der Waals surface area contributed by atoms with Crippen molar-refractivity contribution in [2.75, 3.05) is 24.7 Å². The van der Waals surface area contributed by atoms with E-state index >= 15 is 0 Å². The van der Waals surface area contributed by atoms with Crippen LogP contribution in [0.2, 0.25) is 0 Å². The van der Waals surface area contributed by atoms with E-state index in [-0.39, 0.29) is 24.5 Å². The van der Waals surface area contributed by atoms with Crippen molar-refractivity contribution in [2.24, 2.45) is 0 Å². The van der Waals surface area contributed by atoms with Crippen molar-refractivity contribution in [1.82, 2.24) is 29.1 Å². The van der Waals surface area contributed by atoms with Crippen LogP contribution in [0.25, 0.3) is 11.2 Å². The highest BCUT2D eigenvalue weighted by atomic mass is 32.5. The third-order valence-electron chi connectivity index (χ3n) is 6.12. The van der Waals surface area contributed by atoms with Crippen molar-refractivity contribution >= 4 is 41.3 Å². The summed E-state index contributed by atoms with van der Waals surface area (Å²) in [4.78, 5) is 39.0. The normalized spacial score (nSPS) is 29.6. The minimum atomic E-state index is -3.93. The Bertz CT molecular complexity index is 1390. The van der Waals surface area contributed by atoms with Crippen LogP contribution in [0.4, 0.5) is 11.6 Å². The highest BCUT2D eigenvalue weighted by molar-refractivity contribution is 8.07. The molecule has 5 heterocycles. The molecule has 3 aromatic rings. The zero-order valence-electron chi connectivity index (χ0n) is 19.2. The molecule has 2 fully saturated rings. The molecule has 3 aromatic heterocycles. The molecule has 0 saturated carbocycles. The maximum Gasteiger partial charge on any atom is 0.351 e. The molecule has 7 N–H and O–H groups in total. The van der Waals surface area contributed by atoms with Gasteiger partial charge in [0.05, 0.1) is 31.7 Å². The smallest absolute Gasteiger partial charge is 0.351 e. The van der Waals surface area contributed by atoms with E-state index in [1.807, 2.05) is 0 Å². The molecule has 0 bridgehead atoms. The van der Waals surface area contributed by atoms with Gasteiger partial charge in [0, 0.05) is 19.0 Å². The van der Waals surface area contributed by atoms with E-state index < -0.39 is 62.5 Å². The number of imidazole rings is 1. The SMILES string of the molecule is Nc1ccn([C@H]2C[C@H](OP(O)(=S)O[C@H]3C[C@H](n4cnc5c(N)ncnc54)O[C@@H]3CO)[C@@H](CO)O2)c(=O)n1. The standard InChI is InChI=1S/C19H25N8O8PS/c20-13-1-2-26(19(30)25-13)14-3-9(11(5-28)32-14)34-36(31,37)35-10-4-15(33-12(10)6-29)27-8-24-16-17(21)22-7-23-18(16)27/h1-2,7-12,14-15,28-29H,3-6H2,(H,31,37)(H2,20,25,30)(H2,21,22,23)/t9-,10-,11+,12+,14+,15+,36?/m0/s1. The van der Waals surface area contributed by atoms with E-state index in [0.717, 1.165) is 0 Å². The molecule has 7 atom stereocenters. The Hall–Kier alpha value is -2.60. The van der Waals surface area contributed by atoms with Crippen LogP contribution in [0.15, 0.2) is 29.7 Å².